The first-order valence-corrected chi connectivity index (χ1v) is 6.47. The third kappa shape index (κ3) is 3.36. The van der Waals surface area contributed by atoms with Crippen molar-refractivity contribution < 1.29 is 23.9 Å². The second-order valence-electron chi connectivity index (χ2n) is 4.87. The Bertz CT molecular complexity index is 603. The second-order valence-corrected chi connectivity index (χ2v) is 4.87. The molecule has 0 spiro atoms. The van der Waals surface area contributed by atoms with E-state index in [9.17, 15) is 18.8 Å². The summed E-state index contributed by atoms with van der Waals surface area (Å²) in [6, 6.07) is 2.80. The number of halogens is 1. The van der Waals surface area contributed by atoms with E-state index in [4.69, 9.17) is 5.11 Å². The minimum atomic E-state index is -1.23. The number of hydrogen-bond acceptors (Lipinski definition) is 3. The molecule has 2 rings (SSSR count). The number of nitrogens with one attached hydrogen (secondary N) is 1. The molecule has 2 amide bonds. The summed E-state index contributed by atoms with van der Waals surface area (Å²) in [6.07, 6.45) is 0.600. The standard InChI is InChI=1S/C14H15FN2O4/c1-8(18)16-11(14(20)21)7-17-12-4-3-10(15)6-9(12)2-5-13(17)19/h3-4,6,11H,2,5,7H2,1H3,(H,16,18)(H,20,21). The molecule has 0 radical (unpaired) electrons. The number of carboxylic acids is 1. The van der Waals surface area contributed by atoms with Gasteiger partial charge in [-0.15, -0.1) is 0 Å². The highest BCUT2D eigenvalue weighted by Crippen LogP contribution is 2.28. The Morgan fingerprint density at radius 3 is 2.76 bits per heavy atom. The molecule has 21 heavy (non-hydrogen) atoms. The summed E-state index contributed by atoms with van der Waals surface area (Å²) in [5, 5.41) is 11.4. The number of amides is 2. The largest absolute Gasteiger partial charge is 0.480 e. The third-order valence-electron chi connectivity index (χ3n) is 3.28. The fourth-order valence-electron chi connectivity index (χ4n) is 2.34. The van der Waals surface area contributed by atoms with Gasteiger partial charge in [-0.3, -0.25) is 9.59 Å². The predicted molar refractivity (Wildman–Crippen MR) is 72.3 cm³/mol. The Morgan fingerprint density at radius 2 is 2.14 bits per heavy atom. The van der Waals surface area contributed by atoms with Gasteiger partial charge in [0.1, 0.15) is 11.9 Å². The predicted octanol–water partition coefficient (Wildman–Crippen LogP) is 0.694. The van der Waals surface area contributed by atoms with Crippen molar-refractivity contribution in [1.29, 1.82) is 0 Å². The molecule has 0 fully saturated rings. The average Bonchev–Trinajstić information content (AvgIpc) is 2.40. The molecular weight excluding hydrogens is 279 g/mol. The fourth-order valence-corrected chi connectivity index (χ4v) is 2.34. The number of hydrogen-bond donors (Lipinski definition) is 2. The lowest BCUT2D eigenvalue weighted by Crippen LogP contribution is -2.50. The van der Waals surface area contributed by atoms with Crippen molar-refractivity contribution in [2.75, 3.05) is 11.4 Å². The lowest BCUT2D eigenvalue weighted by atomic mass is 10.0. The molecule has 0 bridgehead atoms. The van der Waals surface area contributed by atoms with E-state index in [1.165, 1.54) is 30.0 Å². The summed E-state index contributed by atoms with van der Waals surface area (Å²) in [5.41, 5.74) is 1.14. The van der Waals surface area contributed by atoms with Crippen LogP contribution in [0.3, 0.4) is 0 Å². The van der Waals surface area contributed by atoms with E-state index in [0.29, 0.717) is 17.7 Å². The highest BCUT2D eigenvalue weighted by Gasteiger charge is 2.29. The summed E-state index contributed by atoms with van der Waals surface area (Å²) in [7, 11) is 0. The van der Waals surface area contributed by atoms with Crippen molar-refractivity contribution in [3.63, 3.8) is 0 Å². The summed E-state index contributed by atoms with van der Waals surface area (Å²) in [4.78, 5) is 35.5. The van der Waals surface area contributed by atoms with Crippen LogP contribution in [-0.2, 0) is 20.8 Å². The van der Waals surface area contributed by atoms with Crippen LogP contribution in [0.5, 0.6) is 0 Å². The van der Waals surface area contributed by atoms with Gasteiger partial charge in [-0.1, -0.05) is 0 Å². The van der Waals surface area contributed by atoms with E-state index in [2.05, 4.69) is 5.32 Å². The van der Waals surface area contributed by atoms with Crippen LogP contribution in [0.25, 0.3) is 0 Å². The van der Waals surface area contributed by atoms with Crippen LogP contribution in [0.4, 0.5) is 10.1 Å². The normalized spacial score (nSPS) is 15.3. The van der Waals surface area contributed by atoms with Crippen LogP contribution in [0, 0.1) is 5.82 Å². The minimum Gasteiger partial charge on any atom is -0.480 e. The lowest BCUT2D eigenvalue weighted by Gasteiger charge is -2.31. The number of aliphatic carboxylic acids is 1. The van der Waals surface area contributed by atoms with E-state index in [1.54, 1.807) is 0 Å². The fraction of sp³-hybridized carbons (Fsp3) is 0.357. The van der Waals surface area contributed by atoms with Crippen LogP contribution >= 0.6 is 0 Å². The van der Waals surface area contributed by atoms with Crippen molar-refractivity contribution >= 4 is 23.5 Å². The van der Waals surface area contributed by atoms with Gasteiger partial charge in [-0.05, 0) is 30.2 Å². The Hall–Kier alpha value is -2.44. The lowest BCUT2D eigenvalue weighted by molar-refractivity contribution is -0.141. The van der Waals surface area contributed by atoms with Gasteiger partial charge in [0, 0.05) is 19.0 Å². The highest BCUT2D eigenvalue weighted by atomic mass is 19.1. The van der Waals surface area contributed by atoms with Crippen molar-refractivity contribution in [2.24, 2.45) is 0 Å². The molecule has 0 saturated carbocycles. The molecule has 2 N–H and O–H groups in total. The zero-order chi connectivity index (χ0) is 15.6. The summed E-state index contributed by atoms with van der Waals surface area (Å²) >= 11 is 0. The third-order valence-corrected chi connectivity index (χ3v) is 3.28. The number of carbonyl (C=O) groups excluding carboxylic acids is 2. The Morgan fingerprint density at radius 1 is 1.43 bits per heavy atom. The van der Waals surface area contributed by atoms with Gasteiger partial charge in [0.2, 0.25) is 11.8 Å². The molecular formula is C14H15FN2O4. The molecule has 112 valence electrons. The Kier molecular flexibility index (Phi) is 4.21. The topological polar surface area (TPSA) is 86.7 Å². The molecule has 0 saturated heterocycles. The quantitative estimate of drug-likeness (QED) is 0.855. The number of carboxylic acid groups (broad SMARTS) is 1. The highest BCUT2D eigenvalue weighted by molar-refractivity contribution is 5.97. The molecule has 1 unspecified atom stereocenters. The minimum absolute atomic E-state index is 0.183. The van der Waals surface area contributed by atoms with E-state index in [0.717, 1.165) is 0 Å². The monoisotopic (exact) mass is 294 g/mol. The van der Waals surface area contributed by atoms with Crippen LogP contribution in [0.2, 0.25) is 0 Å². The van der Waals surface area contributed by atoms with Crippen LogP contribution < -0.4 is 10.2 Å². The maximum atomic E-state index is 13.2. The number of fused-ring (bicyclic) bond motifs is 1. The zero-order valence-corrected chi connectivity index (χ0v) is 11.4. The number of carbonyl (C=O) groups is 3. The molecule has 1 aliphatic heterocycles. The molecule has 0 aliphatic carbocycles. The molecule has 1 aromatic rings. The number of rotatable bonds is 4. The van der Waals surface area contributed by atoms with E-state index >= 15 is 0 Å². The zero-order valence-electron chi connectivity index (χ0n) is 11.4. The number of aryl methyl sites for hydroxylation is 1. The molecule has 1 aliphatic rings. The van der Waals surface area contributed by atoms with Gasteiger partial charge in [0.05, 0.1) is 6.54 Å². The Labute approximate surface area is 120 Å². The Balaban J connectivity index is 2.28. The first-order valence-electron chi connectivity index (χ1n) is 6.47. The molecule has 1 heterocycles. The maximum Gasteiger partial charge on any atom is 0.328 e. The van der Waals surface area contributed by atoms with Gasteiger partial charge in [0.25, 0.3) is 0 Å². The van der Waals surface area contributed by atoms with E-state index in [-0.39, 0.29) is 18.9 Å². The first-order chi connectivity index (χ1) is 9.88. The number of nitrogens with zero attached hydrogens (tertiary/aromatic N) is 1. The number of benzene rings is 1. The van der Waals surface area contributed by atoms with Crippen molar-refractivity contribution in [2.45, 2.75) is 25.8 Å². The molecule has 0 aromatic heterocycles. The van der Waals surface area contributed by atoms with Crippen molar-refractivity contribution in [3.05, 3.63) is 29.6 Å². The van der Waals surface area contributed by atoms with Crippen LogP contribution in [0.15, 0.2) is 18.2 Å². The van der Waals surface area contributed by atoms with Crippen LogP contribution in [0.1, 0.15) is 18.9 Å². The van der Waals surface area contributed by atoms with Gasteiger partial charge >= 0.3 is 5.97 Å². The second kappa shape index (κ2) is 5.90. The number of anilines is 1. The van der Waals surface area contributed by atoms with Crippen LogP contribution in [-0.4, -0.2) is 35.5 Å². The maximum absolute atomic E-state index is 13.2. The van der Waals surface area contributed by atoms with Crippen molar-refractivity contribution in [3.8, 4) is 0 Å². The van der Waals surface area contributed by atoms with Gasteiger partial charge < -0.3 is 15.3 Å². The van der Waals surface area contributed by atoms with Crippen molar-refractivity contribution in [1.82, 2.24) is 5.32 Å². The molecule has 6 nitrogen and oxygen atoms in total. The smallest absolute Gasteiger partial charge is 0.328 e. The molecule has 1 atom stereocenters. The molecule has 7 heteroatoms. The van der Waals surface area contributed by atoms with Gasteiger partial charge in [-0.2, -0.15) is 0 Å². The summed E-state index contributed by atoms with van der Waals surface area (Å²) in [6.45, 7) is 1.02. The van der Waals surface area contributed by atoms with Gasteiger partial charge in [0.15, 0.2) is 0 Å². The summed E-state index contributed by atoms with van der Waals surface area (Å²) < 4.78 is 13.2. The van der Waals surface area contributed by atoms with E-state index < -0.39 is 23.7 Å². The first kappa shape index (κ1) is 15.0. The summed E-state index contributed by atoms with van der Waals surface area (Å²) in [5.74, 6) is -2.37. The van der Waals surface area contributed by atoms with E-state index in [1.807, 2.05) is 0 Å². The average molecular weight is 294 g/mol. The SMILES string of the molecule is CC(=O)NC(CN1C(=O)CCc2cc(F)ccc21)C(=O)O. The molecule has 1 aromatic carbocycles. The van der Waals surface area contributed by atoms with Gasteiger partial charge in [-0.25, -0.2) is 9.18 Å².